The normalized spacial score (nSPS) is 11.7. The van der Waals surface area contributed by atoms with E-state index in [9.17, 15) is 0 Å². The summed E-state index contributed by atoms with van der Waals surface area (Å²) >= 11 is 12.7. The molecule has 0 aliphatic rings. The van der Waals surface area contributed by atoms with Gasteiger partial charge in [0.25, 0.3) is 0 Å². The minimum absolute atomic E-state index is 0.117. The zero-order chi connectivity index (χ0) is 13.0. The van der Waals surface area contributed by atoms with E-state index in [0.29, 0.717) is 0 Å². The first-order chi connectivity index (χ1) is 8.70. The second-order valence-corrected chi connectivity index (χ2v) is 7.38. The van der Waals surface area contributed by atoms with E-state index in [1.165, 1.54) is 10.4 Å². The molecule has 0 radical (unpaired) electrons. The predicted molar refractivity (Wildman–Crippen MR) is 91.4 cm³/mol. The molecule has 1 aromatic carbocycles. The van der Waals surface area contributed by atoms with Crippen molar-refractivity contribution in [2.75, 3.05) is 10.7 Å². The molecule has 0 spiro atoms. The van der Waals surface area contributed by atoms with Gasteiger partial charge in [-0.05, 0) is 35.6 Å². The highest BCUT2D eigenvalue weighted by Gasteiger charge is 2.30. The molecule has 0 atom stereocenters. The van der Waals surface area contributed by atoms with Gasteiger partial charge in [-0.3, -0.25) is 0 Å². The molecular weight excluding hydrogens is 440 g/mol. The van der Waals surface area contributed by atoms with Crippen LogP contribution in [0.1, 0.15) is 10.4 Å². The average molecular weight is 453 g/mol. The average Bonchev–Trinajstić information content (AvgIpc) is 2.90. The lowest BCUT2D eigenvalue weighted by Crippen LogP contribution is -2.32. The van der Waals surface area contributed by atoms with Crippen LogP contribution in [0.2, 0.25) is 0 Å². The number of hydrogen-bond acceptors (Lipinski definition) is 1. The van der Waals surface area contributed by atoms with E-state index in [4.69, 9.17) is 0 Å². The molecule has 0 aliphatic heterocycles. The molecule has 0 amide bonds. The molecule has 18 heavy (non-hydrogen) atoms. The Hall–Kier alpha value is 0.360. The van der Waals surface area contributed by atoms with E-state index in [-0.39, 0.29) is 5.41 Å². The van der Waals surface area contributed by atoms with Gasteiger partial charge in [-0.25, -0.2) is 0 Å². The maximum Gasteiger partial charge on any atom is 0.0195 e. The zero-order valence-corrected chi connectivity index (χ0v) is 15.3. The molecule has 2 aromatic rings. The Labute approximate surface area is 137 Å². The third kappa shape index (κ3) is 3.27. The molecule has 0 N–H and O–H groups in total. The molecule has 2 rings (SSSR count). The van der Waals surface area contributed by atoms with Crippen molar-refractivity contribution in [1.82, 2.24) is 0 Å². The Morgan fingerprint density at radius 1 is 1.00 bits per heavy atom. The Balaban J connectivity index is 2.33. The van der Waals surface area contributed by atoms with Crippen molar-refractivity contribution in [1.29, 1.82) is 0 Å². The molecule has 0 aliphatic carbocycles. The first-order valence-electron chi connectivity index (χ1n) is 5.60. The molecule has 96 valence electrons. The molecule has 1 aromatic heterocycles. The van der Waals surface area contributed by atoms with Crippen molar-refractivity contribution in [2.45, 2.75) is 11.8 Å². The molecule has 0 saturated heterocycles. The third-order valence-corrected chi connectivity index (χ3v) is 6.61. The SMILES string of the molecule is BrCC(CBr)(Cc1cccs1)c1ccc(Br)cc1. The summed E-state index contributed by atoms with van der Waals surface area (Å²) in [6.07, 6.45) is 1.06. The number of rotatable bonds is 5. The maximum atomic E-state index is 3.70. The molecule has 0 fully saturated rings. The van der Waals surface area contributed by atoms with E-state index in [1.54, 1.807) is 0 Å². The first-order valence-corrected chi connectivity index (χ1v) is 9.52. The summed E-state index contributed by atoms with van der Waals surface area (Å²) in [4.78, 5) is 1.43. The molecule has 1 heterocycles. The monoisotopic (exact) mass is 450 g/mol. The summed E-state index contributed by atoms with van der Waals surface area (Å²) in [5.74, 6) is 0. The predicted octanol–water partition coefficient (Wildman–Crippen LogP) is 5.78. The summed E-state index contributed by atoms with van der Waals surface area (Å²) < 4.78 is 1.13. The van der Waals surface area contributed by atoms with Gasteiger partial charge in [0.15, 0.2) is 0 Å². The van der Waals surface area contributed by atoms with Crippen LogP contribution in [-0.4, -0.2) is 10.7 Å². The van der Waals surface area contributed by atoms with Gasteiger partial charge in [0, 0.05) is 25.4 Å². The smallest absolute Gasteiger partial charge is 0.0195 e. The number of hydrogen-bond donors (Lipinski definition) is 0. The molecule has 4 heteroatoms. The Kier molecular flexibility index (Phi) is 5.48. The van der Waals surface area contributed by atoms with Crippen molar-refractivity contribution in [3.8, 4) is 0 Å². The van der Waals surface area contributed by atoms with Gasteiger partial charge in [0.05, 0.1) is 0 Å². The number of benzene rings is 1. The van der Waals surface area contributed by atoms with E-state index in [1.807, 2.05) is 11.3 Å². The van der Waals surface area contributed by atoms with Crippen molar-refractivity contribution in [3.05, 3.63) is 56.7 Å². The fourth-order valence-corrected chi connectivity index (χ4v) is 5.02. The van der Waals surface area contributed by atoms with E-state index in [2.05, 4.69) is 89.6 Å². The van der Waals surface area contributed by atoms with Gasteiger partial charge in [0.1, 0.15) is 0 Å². The van der Waals surface area contributed by atoms with Crippen LogP contribution >= 0.6 is 59.1 Å². The molecular formula is C14H13Br3S. The molecule has 0 bridgehead atoms. The summed E-state index contributed by atoms with van der Waals surface area (Å²) in [6, 6.07) is 13.0. The molecule has 0 saturated carbocycles. The molecule has 0 unspecified atom stereocenters. The minimum atomic E-state index is 0.117. The second-order valence-electron chi connectivity index (χ2n) is 4.31. The second kappa shape index (κ2) is 6.69. The highest BCUT2D eigenvalue weighted by Crippen LogP contribution is 2.34. The topological polar surface area (TPSA) is 0 Å². The quantitative estimate of drug-likeness (QED) is 0.504. The highest BCUT2D eigenvalue weighted by molar-refractivity contribution is 9.10. The lowest BCUT2D eigenvalue weighted by atomic mass is 9.81. The Bertz CT molecular complexity index is 472. The zero-order valence-electron chi connectivity index (χ0n) is 9.70. The van der Waals surface area contributed by atoms with Crippen molar-refractivity contribution in [3.63, 3.8) is 0 Å². The van der Waals surface area contributed by atoms with Crippen LogP contribution < -0.4 is 0 Å². The standard InChI is InChI=1S/C14H13Br3S/c15-9-14(10-16,8-13-2-1-7-18-13)11-3-5-12(17)6-4-11/h1-7H,8-10H2. The number of alkyl halides is 2. The Morgan fingerprint density at radius 2 is 1.67 bits per heavy atom. The van der Waals surface area contributed by atoms with Crippen LogP contribution in [0.3, 0.4) is 0 Å². The number of halogens is 3. The van der Waals surface area contributed by atoms with E-state index >= 15 is 0 Å². The lowest BCUT2D eigenvalue weighted by Gasteiger charge is -2.30. The van der Waals surface area contributed by atoms with Crippen LogP contribution in [0, 0.1) is 0 Å². The summed E-state index contributed by atoms with van der Waals surface area (Å²) in [7, 11) is 0. The summed E-state index contributed by atoms with van der Waals surface area (Å²) in [5.41, 5.74) is 1.48. The summed E-state index contributed by atoms with van der Waals surface area (Å²) in [6.45, 7) is 0. The molecule has 0 nitrogen and oxygen atoms in total. The van der Waals surface area contributed by atoms with E-state index < -0.39 is 0 Å². The lowest BCUT2D eigenvalue weighted by molar-refractivity contribution is 0.556. The van der Waals surface area contributed by atoms with Crippen LogP contribution in [-0.2, 0) is 11.8 Å². The van der Waals surface area contributed by atoms with Crippen LogP contribution in [0.25, 0.3) is 0 Å². The first kappa shape index (κ1) is 14.8. The third-order valence-electron chi connectivity index (χ3n) is 3.06. The van der Waals surface area contributed by atoms with Gasteiger partial charge in [-0.15, -0.1) is 11.3 Å². The van der Waals surface area contributed by atoms with Gasteiger partial charge in [0.2, 0.25) is 0 Å². The van der Waals surface area contributed by atoms with E-state index in [0.717, 1.165) is 21.6 Å². The van der Waals surface area contributed by atoms with Crippen LogP contribution in [0.15, 0.2) is 46.3 Å². The fraction of sp³-hybridized carbons (Fsp3) is 0.286. The van der Waals surface area contributed by atoms with Crippen molar-refractivity contribution < 1.29 is 0 Å². The highest BCUT2D eigenvalue weighted by atomic mass is 79.9. The largest absolute Gasteiger partial charge is 0.149 e. The van der Waals surface area contributed by atoms with Gasteiger partial charge >= 0.3 is 0 Å². The maximum absolute atomic E-state index is 3.70. The fourth-order valence-electron chi connectivity index (χ4n) is 1.94. The van der Waals surface area contributed by atoms with Gasteiger partial charge < -0.3 is 0 Å². The van der Waals surface area contributed by atoms with Crippen LogP contribution in [0.5, 0.6) is 0 Å². The minimum Gasteiger partial charge on any atom is -0.149 e. The van der Waals surface area contributed by atoms with Crippen molar-refractivity contribution >= 4 is 59.1 Å². The van der Waals surface area contributed by atoms with Crippen LogP contribution in [0.4, 0.5) is 0 Å². The van der Waals surface area contributed by atoms with Gasteiger partial charge in [-0.1, -0.05) is 66.0 Å². The van der Waals surface area contributed by atoms with Gasteiger partial charge in [-0.2, -0.15) is 0 Å². The summed E-state index contributed by atoms with van der Waals surface area (Å²) in [5, 5.41) is 4.04. The van der Waals surface area contributed by atoms with Crippen molar-refractivity contribution in [2.24, 2.45) is 0 Å². The number of thiophene rings is 1. The Morgan fingerprint density at radius 3 is 2.17 bits per heavy atom.